The molecule has 0 aliphatic heterocycles. The Balaban J connectivity index is 2.05. The summed E-state index contributed by atoms with van der Waals surface area (Å²) in [7, 11) is 3.73. The maximum absolute atomic E-state index is 14.8. The van der Waals surface area contributed by atoms with Crippen LogP contribution in [0.1, 0.15) is 0 Å². The van der Waals surface area contributed by atoms with E-state index in [4.69, 9.17) is 0 Å². The summed E-state index contributed by atoms with van der Waals surface area (Å²) in [6, 6.07) is 14.9. The van der Waals surface area contributed by atoms with Crippen molar-refractivity contribution in [1.29, 1.82) is 0 Å². The van der Waals surface area contributed by atoms with Crippen LogP contribution in [0.3, 0.4) is 0 Å². The fourth-order valence-electron chi connectivity index (χ4n) is 2.29. The zero-order chi connectivity index (χ0) is 15.5. The highest BCUT2D eigenvalue weighted by Crippen LogP contribution is 2.30. The number of aromatic nitrogens is 2. The van der Waals surface area contributed by atoms with Crippen LogP contribution >= 0.6 is 0 Å². The minimum Gasteiger partial charge on any atom is -0.347 e. The van der Waals surface area contributed by atoms with E-state index in [0.29, 0.717) is 22.6 Å². The first kappa shape index (κ1) is 14.2. The molecule has 22 heavy (non-hydrogen) atoms. The predicted octanol–water partition coefficient (Wildman–Crippen LogP) is 4.02. The van der Waals surface area contributed by atoms with Gasteiger partial charge in [-0.25, -0.2) is 14.4 Å². The molecule has 0 amide bonds. The molecular weight excluding hydrogens is 277 g/mol. The molecule has 0 unspecified atom stereocenters. The van der Waals surface area contributed by atoms with Gasteiger partial charge in [-0.1, -0.05) is 48.5 Å². The highest BCUT2D eigenvalue weighted by atomic mass is 19.1. The van der Waals surface area contributed by atoms with Gasteiger partial charge in [-0.2, -0.15) is 0 Å². The van der Waals surface area contributed by atoms with Crippen LogP contribution in [0.25, 0.3) is 22.3 Å². The molecule has 0 aliphatic carbocycles. The highest BCUT2D eigenvalue weighted by molar-refractivity contribution is 5.73. The molecule has 0 spiro atoms. The molecule has 3 rings (SSSR count). The molecule has 0 bridgehead atoms. The van der Waals surface area contributed by atoms with E-state index < -0.39 is 0 Å². The Hall–Kier alpha value is -2.75. The van der Waals surface area contributed by atoms with Crippen LogP contribution in [-0.2, 0) is 0 Å². The summed E-state index contributed by atoms with van der Waals surface area (Å²) in [5.41, 5.74) is 2.61. The van der Waals surface area contributed by atoms with Crippen LogP contribution in [0.5, 0.6) is 0 Å². The van der Waals surface area contributed by atoms with Crippen LogP contribution in [0.15, 0.2) is 60.9 Å². The Labute approximate surface area is 129 Å². The maximum Gasteiger partial charge on any atom is 0.224 e. The van der Waals surface area contributed by atoms with Crippen molar-refractivity contribution in [3.8, 4) is 22.3 Å². The van der Waals surface area contributed by atoms with Crippen LogP contribution in [-0.4, -0.2) is 24.1 Å². The average Bonchev–Trinajstić information content (AvgIpc) is 2.56. The van der Waals surface area contributed by atoms with E-state index in [-0.39, 0.29) is 5.82 Å². The smallest absolute Gasteiger partial charge is 0.224 e. The third-order valence-corrected chi connectivity index (χ3v) is 3.43. The number of anilines is 1. The molecule has 3 nitrogen and oxygen atoms in total. The minimum absolute atomic E-state index is 0.255. The minimum atomic E-state index is -0.255. The lowest BCUT2D eigenvalue weighted by Crippen LogP contribution is -2.12. The topological polar surface area (TPSA) is 29.0 Å². The average molecular weight is 293 g/mol. The van der Waals surface area contributed by atoms with Crippen LogP contribution in [0.4, 0.5) is 10.3 Å². The molecule has 1 aromatic heterocycles. The predicted molar refractivity (Wildman–Crippen MR) is 87.2 cm³/mol. The second-order valence-electron chi connectivity index (χ2n) is 5.20. The summed E-state index contributed by atoms with van der Waals surface area (Å²) in [6.07, 6.45) is 3.30. The monoisotopic (exact) mass is 293 g/mol. The van der Waals surface area contributed by atoms with E-state index in [9.17, 15) is 4.39 Å². The fourth-order valence-corrected chi connectivity index (χ4v) is 2.29. The first-order valence-electron chi connectivity index (χ1n) is 7.00. The van der Waals surface area contributed by atoms with Crippen molar-refractivity contribution in [2.24, 2.45) is 0 Å². The van der Waals surface area contributed by atoms with Gasteiger partial charge in [0, 0.05) is 43.2 Å². The summed E-state index contributed by atoms with van der Waals surface area (Å²) in [6.45, 7) is 0. The van der Waals surface area contributed by atoms with Gasteiger partial charge in [0.1, 0.15) is 5.82 Å². The van der Waals surface area contributed by atoms with E-state index in [1.807, 2.05) is 50.5 Å². The number of hydrogen-bond donors (Lipinski definition) is 0. The Morgan fingerprint density at radius 2 is 1.36 bits per heavy atom. The molecule has 3 aromatic rings. The number of nitrogens with zero attached hydrogens (tertiary/aromatic N) is 3. The first-order chi connectivity index (χ1) is 10.7. The van der Waals surface area contributed by atoms with Crippen LogP contribution in [0.2, 0.25) is 0 Å². The Morgan fingerprint density at radius 1 is 0.773 bits per heavy atom. The van der Waals surface area contributed by atoms with Gasteiger partial charge in [-0.05, 0) is 5.56 Å². The zero-order valence-corrected chi connectivity index (χ0v) is 12.5. The van der Waals surface area contributed by atoms with Crippen molar-refractivity contribution in [3.63, 3.8) is 0 Å². The molecule has 0 aliphatic rings. The second kappa shape index (κ2) is 5.93. The summed E-state index contributed by atoms with van der Waals surface area (Å²) < 4.78 is 14.8. The van der Waals surface area contributed by atoms with E-state index in [1.165, 1.54) is 0 Å². The van der Waals surface area contributed by atoms with Gasteiger partial charge in [0.05, 0.1) is 0 Å². The third-order valence-electron chi connectivity index (χ3n) is 3.43. The lowest BCUT2D eigenvalue weighted by molar-refractivity contribution is 0.634. The number of halogens is 1. The molecule has 0 fully saturated rings. The van der Waals surface area contributed by atoms with Gasteiger partial charge in [-0.15, -0.1) is 0 Å². The van der Waals surface area contributed by atoms with Gasteiger partial charge in [0.15, 0.2) is 0 Å². The third kappa shape index (κ3) is 2.68. The zero-order valence-electron chi connectivity index (χ0n) is 12.5. The molecule has 0 saturated heterocycles. The lowest BCUT2D eigenvalue weighted by Gasteiger charge is -2.11. The summed E-state index contributed by atoms with van der Waals surface area (Å²) in [5.74, 6) is 0.346. The SMILES string of the molecule is CN(C)c1ncc(-c2cccc(-c3ccccc3)c2F)cn1. The standard InChI is InChI=1S/C18H16FN3/c1-22(2)18-20-11-14(12-21-18)16-10-6-9-15(17(16)19)13-7-4-3-5-8-13/h3-12H,1-2H3. The van der Waals surface area contributed by atoms with Gasteiger partial charge in [0.2, 0.25) is 5.95 Å². The van der Waals surface area contributed by atoms with Gasteiger partial charge in [-0.3, -0.25) is 0 Å². The summed E-state index contributed by atoms with van der Waals surface area (Å²) in [4.78, 5) is 10.3. The molecule has 110 valence electrons. The van der Waals surface area contributed by atoms with E-state index in [2.05, 4.69) is 9.97 Å². The Morgan fingerprint density at radius 3 is 1.95 bits per heavy atom. The molecule has 4 heteroatoms. The second-order valence-corrected chi connectivity index (χ2v) is 5.20. The van der Waals surface area contributed by atoms with Crippen molar-refractivity contribution < 1.29 is 4.39 Å². The summed E-state index contributed by atoms with van der Waals surface area (Å²) >= 11 is 0. The molecular formula is C18H16FN3. The van der Waals surface area contributed by atoms with Crippen molar-refractivity contribution in [2.45, 2.75) is 0 Å². The molecule has 0 radical (unpaired) electrons. The number of benzene rings is 2. The van der Waals surface area contributed by atoms with Crippen molar-refractivity contribution in [1.82, 2.24) is 9.97 Å². The van der Waals surface area contributed by atoms with Crippen LogP contribution in [0, 0.1) is 5.82 Å². The largest absolute Gasteiger partial charge is 0.347 e. The maximum atomic E-state index is 14.8. The van der Waals surface area contributed by atoms with Crippen LogP contribution < -0.4 is 4.90 Å². The van der Waals surface area contributed by atoms with E-state index in [1.54, 1.807) is 29.4 Å². The Bertz CT molecular complexity index is 768. The van der Waals surface area contributed by atoms with Gasteiger partial charge < -0.3 is 4.90 Å². The number of rotatable bonds is 3. The number of hydrogen-bond acceptors (Lipinski definition) is 3. The van der Waals surface area contributed by atoms with Crippen molar-refractivity contribution in [3.05, 3.63) is 66.7 Å². The molecule has 1 heterocycles. The van der Waals surface area contributed by atoms with E-state index in [0.717, 1.165) is 5.56 Å². The molecule has 2 aromatic carbocycles. The van der Waals surface area contributed by atoms with Crippen molar-refractivity contribution in [2.75, 3.05) is 19.0 Å². The quantitative estimate of drug-likeness (QED) is 0.730. The molecule has 0 atom stereocenters. The van der Waals surface area contributed by atoms with Gasteiger partial charge >= 0.3 is 0 Å². The normalized spacial score (nSPS) is 10.5. The lowest BCUT2D eigenvalue weighted by atomic mass is 9.99. The van der Waals surface area contributed by atoms with Gasteiger partial charge in [0.25, 0.3) is 0 Å². The van der Waals surface area contributed by atoms with Crippen molar-refractivity contribution >= 4 is 5.95 Å². The summed E-state index contributed by atoms with van der Waals surface area (Å²) in [5, 5.41) is 0. The van der Waals surface area contributed by atoms with E-state index >= 15 is 0 Å². The fraction of sp³-hybridized carbons (Fsp3) is 0.111. The first-order valence-corrected chi connectivity index (χ1v) is 7.00. The Kier molecular flexibility index (Phi) is 3.83. The molecule has 0 N–H and O–H groups in total. The molecule has 0 saturated carbocycles. The highest BCUT2D eigenvalue weighted by Gasteiger charge is 2.12.